The predicted molar refractivity (Wildman–Crippen MR) is 162 cm³/mol. The second kappa shape index (κ2) is 15.0. The molecule has 2 amide bonds. The molecule has 0 aliphatic rings. The number of nitrogens with one attached hydrogen (secondary N) is 2. The standard InChI is InChI=1S/C32H41N3O8/c1-9-18(2)28(35-32(38)29-30(36)24(41-6)14-15-33-29)31(37)34-19(3)27(20-10-12-22(39-4)25(16-20)42-7)21-11-13-23(40-5)26(17-21)43-8/h10-19,27-28,36H,9H2,1-8H3,(H,34,37)(H,35,38)/t18-,19-,28-/m0/s1. The van der Waals surface area contributed by atoms with Crippen LogP contribution in [0.1, 0.15) is 54.7 Å². The van der Waals surface area contributed by atoms with Crippen molar-refractivity contribution in [3.63, 3.8) is 0 Å². The molecular weight excluding hydrogens is 554 g/mol. The molecule has 232 valence electrons. The second-order valence-electron chi connectivity index (χ2n) is 10.1. The summed E-state index contributed by atoms with van der Waals surface area (Å²) in [6.45, 7) is 5.69. The Kier molecular flexibility index (Phi) is 11.4. The summed E-state index contributed by atoms with van der Waals surface area (Å²) in [6.07, 6.45) is 1.96. The molecule has 43 heavy (non-hydrogen) atoms. The van der Waals surface area contributed by atoms with Crippen LogP contribution in [0.5, 0.6) is 34.5 Å². The normalized spacial score (nSPS) is 13.0. The van der Waals surface area contributed by atoms with Crippen LogP contribution in [0.2, 0.25) is 0 Å². The minimum absolute atomic E-state index is 0.103. The van der Waals surface area contributed by atoms with Crippen LogP contribution in [0.25, 0.3) is 0 Å². The molecule has 0 radical (unpaired) electrons. The van der Waals surface area contributed by atoms with Gasteiger partial charge in [-0.1, -0.05) is 32.4 Å². The third kappa shape index (κ3) is 7.40. The van der Waals surface area contributed by atoms with Gasteiger partial charge in [-0.05, 0) is 48.2 Å². The zero-order chi connectivity index (χ0) is 31.7. The van der Waals surface area contributed by atoms with E-state index in [1.54, 1.807) is 28.4 Å². The first-order valence-electron chi connectivity index (χ1n) is 13.9. The molecule has 3 aromatic rings. The summed E-state index contributed by atoms with van der Waals surface area (Å²) in [4.78, 5) is 31.0. The van der Waals surface area contributed by atoms with Gasteiger partial charge in [-0.3, -0.25) is 9.59 Å². The van der Waals surface area contributed by atoms with Crippen LogP contribution in [0.15, 0.2) is 48.7 Å². The molecule has 1 aromatic heterocycles. The number of carbonyl (C=O) groups excluding carboxylic acids is 2. The van der Waals surface area contributed by atoms with Gasteiger partial charge in [0.1, 0.15) is 6.04 Å². The Morgan fingerprint density at radius 2 is 1.28 bits per heavy atom. The molecule has 11 heteroatoms. The summed E-state index contributed by atoms with van der Waals surface area (Å²) < 4.78 is 27.1. The van der Waals surface area contributed by atoms with E-state index in [4.69, 9.17) is 23.7 Å². The summed E-state index contributed by atoms with van der Waals surface area (Å²) in [7, 11) is 7.63. The fourth-order valence-corrected chi connectivity index (χ4v) is 4.94. The highest BCUT2D eigenvalue weighted by molar-refractivity contribution is 5.98. The molecular formula is C32H41N3O8. The number of methoxy groups -OCH3 is 5. The highest BCUT2D eigenvalue weighted by atomic mass is 16.5. The van der Waals surface area contributed by atoms with Crippen molar-refractivity contribution < 1.29 is 38.4 Å². The molecule has 3 atom stereocenters. The van der Waals surface area contributed by atoms with Gasteiger partial charge in [-0.15, -0.1) is 0 Å². The topological polar surface area (TPSA) is 137 Å². The van der Waals surface area contributed by atoms with Gasteiger partial charge in [0.15, 0.2) is 40.2 Å². The number of rotatable bonds is 14. The highest BCUT2D eigenvalue weighted by Gasteiger charge is 2.32. The van der Waals surface area contributed by atoms with E-state index in [0.717, 1.165) is 11.1 Å². The first-order valence-corrected chi connectivity index (χ1v) is 13.9. The number of carbonyl (C=O) groups is 2. The molecule has 0 aliphatic carbocycles. The lowest BCUT2D eigenvalue weighted by atomic mass is 9.85. The van der Waals surface area contributed by atoms with Crippen molar-refractivity contribution in [2.45, 2.75) is 45.2 Å². The van der Waals surface area contributed by atoms with Gasteiger partial charge < -0.3 is 39.4 Å². The van der Waals surface area contributed by atoms with E-state index in [9.17, 15) is 14.7 Å². The number of aromatic hydroxyl groups is 1. The van der Waals surface area contributed by atoms with Crippen LogP contribution in [-0.2, 0) is 4.79 Å². The van der Waals surface area contributed by atoms with Gasteiger partial charge in [0.2, 0.25) is 5.91 Å². The molecule has 1 heterocycles. The maximum atomic E-state index is 13.8. The Bertz CT molecular complexity index is 1360. The minimum atomic E-state index is -0.913. The molecule has 2 aromatic carbocycles. The summed E-state index contributed by atoms with van der Waals surface area (Å²) in [5.41, 5.74) is 1.47. The number of ether oxygens (including phenoxy) is 5. The summed E-state index contributed by atoms with van der Waals surface area (Å²) in [6, 6.07) is 11.3. The Hall–Kier alpha value is -4.67. The minimum Gasteiger partial charge on any atom is -0.503 e. The molecule has 0 fully saturated rings. The van der Waals surface area contributed by atoms with E-state index >= 15 is 0 Å². The molecule has 0 aliphatic heterocycles. The van der Waals surface area contributed by atoms with Crippen molar-refractivity contribution in [2.24, 2.45) is 5.92 Å². The van der Waals surface area contributed by atoms with Gasteiger partial charge in [0.25, 0.3) is 5.91 Å². The van der Waals surface area contributed by atoms with Crippen molar-refractivity contribution in [1.82, 2.24) is 15.6 Å². The third-order valence-electron chi connectivity index (χ3n) is 7.51. The van der Waals surface area contributed by atoms with Crippen LogP contribution in [0.4, 0.5) is 0 Å². The van der Waals surface area contributed by atoms with Gasteiger partial charge in [0.05, 0.1) is 35.5 Å². The van der Waals surface area contributed by atoms with Crippen LogP contribution in [0, 0.1) is 5.92 Å². The number of nitrogens with zero attached hydrogens (tertiary/aromatic N) is 1. The van der Waals surface area contributed by atoms with E-state index < -0.39 is 23.7 Å². The van der Waals surface area contributed by atoms with E-state index in [0.29, 0.717) is 29.4 Å². The molecule has 0 bridgehead atoms. The Labute approximate surface area is 252 Å². The number of hydrogen-bond donors (Lipinski definition) is 3. The van der Waals surface area contributed by atoms with Crippen LogP contribution >= 0.6 is 0 Å². The maximum absolute atomic E-state index is 13.8. The first-order chi connectivity index (χ1) is 20.6. The lowest BCUT2D eigenvalue weighted by Crippen LogP contribution is -2.53. The van der Waals surface area contributed by atoms with E-state index in [-0.39, 0.29) is 29.2 Å². The van der Waals surface area contributed by atoms with Crippen LogP contribution in [-0.4, -0.2) is 69.5 Å². The molecule has 0 unspecified atom stereocenters. The predicted octanol–water partition coefficient (Wildman–Crippen LogP) is 4.31. The van der Waals surface area contributed by atoms with Gasteiger partial charge in [-0.25, -0.2) is 4.98 Å². The van der Waals surface area contributed by atoms with Gasteiger partial charge in [-0.2, -0.15) is 0 Å². The van der Waals surface area contributed by atoms with Crippen LogP contribution in [0.3, 0.4) is 0 Å². The van der Waals surface area contributed by atoms with Crippen molar-refractivity contribution in [3.8, 4) is 34.5 Å². The van der Waals surface area contributed by atoms with Gasteiger partial charge >= 0.3 is 0 Å². The Morgan fingerprint density at radius 1 is 0.767 bits per heavy atom. The molecule has 11 nitrogen and oxygen atoms in total. The maximum Gasteiger partial charge on any atom is 0.274 e. The zero-order valence-corrected chi connectivity index (χ0v) is 25.9. The lowest BCUT2D eigenvalue weighted by Gasteiger charge is -2.30. The zero-order valence-electron chi connectivity index (χ0n) is 25.9. The number of aromatic nitrogens is 1. The molecule has 3 N–H and O–H groups in total. The smallest absolute Gasteiger partial charge is 0.274 e. The molecule has 0 saturated heterocycles. The monoisotopic (exact) mass is 595 g/mol. The average molecular weight is 596 g/mol. The molecule has 0 saturated carbocycles. The van der Waals surface area contributed by atoms with E-state index in [1.807, 2.05) is 57.2 Å². The largest absolute Gasteiger partial charge is 0.503 e. The summed E-state index contributed by atoms with van der Waals surface area (Å²) in [5, 5.41) is 16.3. The van der Waals surface area contributed by atoms with E-state index in [2.05, 4.69) is 15.6 Å². The number of hydrogen-bond acceptors (Lipinski definition) is 9. The van der Waals surface area contributed by atoms with Crippen LogP contribution < -0.4 is 34.3 Å². The highest BCUT2D eigenvalue weighted by Crippen LogP contribution is 2.38. The second-order valence-corrected chi connectivity index (χ2v) is 10.1. The van der Waals surface area contributed by atoms with E-state index in [1.165, 1.54) is 19.4 Å². The Morgan fingerprint density at radius 3 is 1.74 bits per heavy atom. The number of pyridine rings is 1. The van der Waals surface area contributed by atoms with Crippen molar-refractivity contribution in [2.75, 3.05) is 35.5 Å². The molecule has 3 rings (SSSR count). The van der Waals surface area contributed by atoms with Gasteiger partial charge in [0, 0.05) is 24.2 Å². The third-order valence-corrected chi connectivity index (χ3v) is 7.51. The summed E-state index contributed by atoms with van der Waals surface area (Å²) >= 11 is 0. The SMILES string of the molecule is CC[C@H](C)[C@H](NC(=O)c1nccc(OC)c1O)C(=O)N[C@@H](C)C(c1ccc(OC)c(OC)c1)c1ccc(OC)c(OC)c1. The summed E-state index contributed by atoms with van der Waals surface area (Å²) in [5.74, 6) is 0.256. The average Bonchev–Trinajstić information content (AvgIpc) is 3.02. The van der Waals surface area contributed by atoms with Crippen molar-refractivity contribution >= 4 is 11.8 Å². The Balaban J connectivity index is 1.99. The first kappa shape index (κ1) is 32.8. The van der Waals surface area contributed by atoms with Crippen molar-refractivity contribution in [1.29, 1.82) is 0 Å². The molecule has 0 spiro atoms. The van der Waals surface area contributed by atoms with Crippen molar-refractivity contribution in [3.05, 3.63) is 65.5 Å². The fourth-order valence-electron chi connectivity index (χ4n) is 4.94. The number of amides is 2. The number of benzene rings is 2. The lowest BCUT2D eigenvalue weighted by molar-refractivity contribution is -0.124. The quantitative estimate of drug-likeness (QED) is 0.249. The fraction of sp³-hybridized carbons (Fsp3) is 0.406.